The van der Waals surface area contributed by atoms with Crippen molar-refractivity contribution in [2.24, 2.45) is 0 Å². The summed E-state index contributed by atoms with van der Waals surface area (Å²) in [5.41, 5.74) is 0.731. The van der Waals surface area contributed by atoms with Crippen molar-refractivity contribution in [3.05, 3.63) is 94.7 Å². The molecule has 1 amide bonds. The molecule has 2 N–H and O–H groups in total. The summed E-state index contributed by atoms with van der Waals surface area (Å²) >= 11 is 3.16. The fourth-order valence-electron chi connectivity index (χ4n) is 2.70. The number of hydrogen-bond acceptors (Lipinski definition) is 3. The molecular weight excluding hydrogens is 459 g/mol. The molecule has 0 fully saturated rings. The zero-order valence-corrected chi connectivity index (χ0v) is 17.6. The van der Waals surface area contributed by atoms with Crippen LogP contribution in [0.15, 0.2) is 88.2 Å². The topological polar surface area (TPSA) is 75.3 Å². The molecule has 0 spiro atoms. The highest BCUT2D eigenvalue weighted by Gasteiger charge is 2.26. The summed E-state index contributed by atoms with van der Waals surface area (Å²) in [5.74, 6) is -1.29. The molecule has 5 nitrogen and oxygen atoms in total. The van der Waals surface area contributed by atoms with Gasteiger partial charge in [-0.15, -0.1) is 0 Å². The number of halogens is 2. The van der Waals surface area contributed by atoms with Gasteiger partial charge >= 0.3 is 0 Å². The lowest BCUT2D eigenvalue weighted by atomic mass is 10.1. The van der Waals surface area contributed by atoms with E-state index in [9.17, 15) is 17.6 Å². The minimum atomic E-state index is -3.95. The van der Waals surface area contributed by atoms with Crippen molar-refractivity contribution in [1.29, 1.82) is 0 Å². The second-order valence-corrected chi connectivity index (χ2v) is 8.92. The van der Waals surface area contributed by atoms with E-state index in [0.717, 1.165) is 5.56 Å². The van der Waals surface area contributed by atoms with Gasteiger partial charge in [0.1, 0.15) is 11.9 Å². The lowest BCUT2D eigenvalue weighted by Crippen LogP contribution is -2.45. The van der Waals surface area contributed by atoms with Crippen LogP contribution in [0.5, 0.6) is 0 Å². The molecule has 0 unspecified atom stereocenters. The van der Waals surface area contributed by atoms with E-state index in [1.165, 1.54) is 24.3 Å². The van der Waals surface area contributed by atoms with E-state index >= 15 is 0 Å². The van der Waals surface area contributed by atoms with Crippen molar-refractivity contribution in [2.75, 3.05) is 5.32 Å². The largest absolute Gasteiger partial charge is 0.322 e. The third-order valence-electron chi connectivity index (χ3n) is 4.14. The van der Waals surface area contributed by atoms with Crippen molar-refractivity contribution in [3.63, 3.8) is 0 Å². The van der Waals surface area contributed by atoms with Crippen molar-refractivity contribution in [2.45, 2.75) is 17.4 Å². The van der Waals surface area contributed by atoms with Crippen molar-refractivity contribution in [1.82, 2.24) is 4.72 Å². The van der Waals surface area contributed by atoms with Crippen molar-refractivity contribution < 1.29 is 17.6 Å². The first-order valence-electron chi connectivity index (χ1n) is 8.72. The van der Waals surface area contributed by atoms with Crippen LogP contribution >= 0.6 is 15.9 Å². The fourth-order valence-corrected chi connectivity index (χ4v) is 4.25. The number of nitrogens with one attached hydrogen (secondary N) is 2. The first kappa shape index (κ1) is 21.2. The average molecular weight is 477 g/mol. The second-order valence-electron chi connectivity index (χ2n) is 6.29. The SMILES string of the molecule is O=C(Nc1ccc(Br)cc1F)[C@@H](Cc1ccccc1)NS(=O)(=O)c1ccccc1. The van der Waals surface area contributed by atoms with Gasteiger partial charge in [0, 0.05) is 4.47 Å². The average Bonchev–Trinajstić information content (AvgIpc) is 2.71. The van der Waals surface area contributed by atoms with Gasteiger partial charge in [0.15, 0.2) is 0 Å². The lowest BCUT2D eigenvalue weighted by molar-refractivity contribution is -0.117. The predicted molar refractivity (Wildman–Crippen MR) is 113 cm³/mol. The molecule has 0 saturated carbocycles. The zero-order chi connectivity index (χ0) is 20.9. The van der Waals surface area contributed by atoms with Crippen LogP contribution in [-0.2, 0) is 21.2 Å². The minimum absolute atomic E-state index is 0.0322. The molecule has 0 aliphatic carbocycles. The van der Waals surface area contributed by atoms with E-state index in [1.54, 1.807) is 48.5 Å². The summed E-state index contributed by atoms with van der Waals surface area (Å²) in [6, 6.07) is 19.8. The van der Waals surface area contributed by atoms with Crippen molar-refractivity contribution >= 4 is 37.5 Å². The Morgan fingerprint density at radius 3 is 2.21 bits per heavy atom. The Morgan fingerprint density at radius 2 is 1.59 bits per heavy atom. The Kier molecular flexibility index (Phi) is 6.79. The monoisotopic (exact) mass is 476 g/mol. The normalized spacial score (nSPS) is 12.3. The van der Waals surface area contributed by atoms with Crippen LogP contribution in [-0.4, -0.2) is 20.4 Å². The van der Waals surface area contributed by atoms with Gasteiger partial charge in [-0.2, -0.15) is 4.72 Å². The molecule has 3 rings (SSSR count). The van der Waals surface area contributed by atoms with Crippen molar-refractivity contribution in [3.8, 4) is 0 Å². The number of hydrogen-bond donors (Lipinski definition) is 2. The number of amides is 1. The summed E-state index contributed by atoms with van der Waals surface area (Å²) in [6.07, 6.45) is 0.108. The van der Waals surface area contributed by atoms with Crippen LogP contribution in [0.2, 0.25) is 0 Å². The molecule has 3 aromatic carbocycles. The van der Waals surface area contributed by atoms with Crippen LogP contribution in [0.25, 0.3) is 0 Å². The molecule has 150 valence electrons. The molecule has 1 atom stereocenters. The summed E-state index contributed by atoms with van der Waals surface area (Å²) in [4.78, 5) is 12.9. The maximum absolute atomic E-state index is 14.1. The minimum Gasteiger partial charge on any atom is -0.322 e. The van der Waals surface area contributed by atoms with Gasteiger partial charge in [-0.1, -0.05) is 64.5 Å². The van der Waals surface area contributed by atoms with Gasteiger partial charge in [-0.25, -0.2) is 12.8 Å². The summed E-state index contributed by atoms with van der Waals surface area (Å²) in [6.45, 7) is 0. The predicted octanol–water partition coefficient (Wildman–Crippen LogP) is 4.12. The number of carbonyl (C=O) groups is 1. The highest BCUT2D eigenvalue weighted by atomic mass is 79.9. The molecule has 0 radical (unpaired) electrons. The number of sulfonamides is 1. The Labute approximate surface area is 177 Å². The van der Waals surface area contributed by atoms with Crippen LogP contribution in [0.4, 0.5) is 10.1 Å². The van der Waals surface area contributed by atoms with Gasteiger partial charge < -0.3 is 5.32 Å². The Balaban J connectivity index is 1.87. The summed E-state index contributed by atoms with van der Waals surface area (Å²) in [7, 11) is -3.95. The number of carbonyl (C=O) groups excluding carboxylic acids is 1. The third kappa shape index (κ3) is 5.72. The molecule has 0 saturated heterocycles. The smallest absolute Gasteiger partial charge is 0.242 e. The molecule has 8 heteroatoms. The Hall–Kier alpha value is -2.55. The molecule has 29 heavy (non-hydrogen) atoms. The van der Waals surface area contributed by atoms with Gasteiger partial charge in [0.2, 0.25) is 15.9 Å². The Morgan fingerprint density at radius 1 is 0.966 bits per heavy atom. The highest BCUT2D eigenvalue weighted by Crippen LogP contribution is 2.20. The fraction of sp³-hybridized carbons (Fsp3) is 0.0952. The number of anilines is 1. The maximum Gasteiger partial charge on any atom is 0.242 e. The van der Waals surface area contributed by atoms with E-state index in [-0.39, 0.29) is 17.0 Å². The molecule has 0 aromatic heterocycles. The van der Waals surface area contributed by atoms with E-state index < -0.39 is 27.8 Å². The van der Waals surface area contributed by atoms with Gasteiger partial charge in [0.25, 0.3) is 0 Å². The van der Waals surface area contributed by atoms with Crippen LogP contribution in [0, 0.1) is 5.82 Å². The van der Waals surface area contributed by atoms with Gasteiger partial charge in [-0.05, 0) is 42.3 Å². The van der Waals surface area contributed by atoms with Crippen LogP contribution in [0.3, 0.4) is 0 Å². The number of rotatable bonds is 7. The van der Waals surface area contributed by atoms with Crippen LogP contribution < -0.4 is 10.0 Å². The quantitative estimate of drug-likeness (QED) is 0.538. The second kappa shape index (κ2) is 9.30. The zero-order valence-electron chi connectivity index (χ0n) is 15.2. The molecule has 0 bridgehead atoms. The molecule has 0 aliphatic heterocycles. The van der Waals surface area contributed by atoms with E-state index in [0.29, 0.717) is 4.47 Å². The summed E-state index contributed by atoms with van der Waals surface area (Å²) < 4.78 is 42.5. The summed E-state index contributed by atoms with van der Waals surface area (Å²) in [5, 5.41) is 2.47. The van der Waals surface area contributed by atoms with Gasteiger partial charge in [0.05, 0.1) is 10.6 Å². The standard InChI is InChI=1S/C21H18BrFN2O3S/c22-16-11-12-19(18(23)14-16)24-21(26)20(13-15-7-3-1-4-8-15)25-29(27,28)17-9-5-2-6-10-17/h1-12,14,20,25H,13H2,(H,24,26)/t20-/m1/s1. The third-order valence-corrected chi connectivity index (χ3v) is 6.12. The van der Waals surface area contributed by atoms with E-state index in [4.69, 9.17) is 0 Å². The Bertz CT molecular complexity index is 1090. The van der Waals surface area contributed by atoms with Gasteiger partial charge in [-0.3, -0.25) is 4.79 Å². The first-order valence-corrected chi connectivity index (χ1v) is 11.0. The molecule has 0 heterocycles. The highest BCUT2D eigenvalue weighted by molar-refractivity contribution is 9.10. The maximum atomic E-state index is 14.1. The van der Waals surface area contributed by atoms with E-state index in [1.807, 2.05) is 6.07 Å². The van der Waals surface area contributed by atoms with E-state index in [2.05, 4.69) is 26.0 Å². The molecular formula is C21H18BrFN2O3S. The lowest BCUT2D eigenvalue weighted by Gasteiger charge is -2.19. The van der Waals surface area contributed by atoms with Crippen LogP contribution in [0.1, 0.15) is 5.56 Å². The molecule has 3 aromatic rings. The number of benzene rings is 3. The molecule has 0 aliphatic rings. The first-order chi connectivity index (χ1) is 13.8.